The van der Waals surface area contributed by atoms with E-state index in [1.165, 1.54) is 44.1 Å². The monoisotopic (exact) mass is 339 g/mol. The molecule has 112 valence electrons. The maximum absolute atomic E-state index is 5.27. The van der Waals surface area contributed by atoms with Gasteiger partial charge in [-0.3, -0.25) is 0 Å². The van der Waals surface area contributed by atoms with E-state index in [4.69, 9.17) is 4.74 Å². The van der Waals surface area contributed by atoms with Crippen molar-refractivity contribution in [3.8, 4) is 5.75 Å². The lowest BCUT2D eigenvalue weighted by atomic mass is 9.87. The molecular weight excluding hydrogens is 314 g/mol. The van der Waals surface area contributed by atoms with Crippen LogP contribution in [0.5, 0.6) is 5.75 Å². The highest BCUT2D eigenvalue weighted by Crippen LogP contribution is 2.29. The fraction of sp³-hybridized carbons (Fsp3) is 0.647. The molecule has 2 rings (SSSR count). The Labute approximate surface area is 131 Å². The van der Waals surface area contributed by atoms with Gasteiger partial charge in [-0.2, -0.15) is 0 Å². The van der Waals surface area contributed by atoms with Gasteiger partial charge in [-0.15, -0.1) is 0 Å². The quantitative estimate of drug-likeness (QED) is 0.780. The molecule has 1 aromatic carbocycles. The Kier molecular flexibility index (Phi) is 6.37. The summed E-state index contributed by atoms with van der Waals surface area (Å²) in [6.07, 6.45) is 8.51. The Balaban J connectivity index is 1.79. The van der Waals surface area contributed by atoms with Crippen LogP contribution in [0.1, 0.15) is 57.1 Å². The van der Waals surface area contributed by atoms with E-state index < -0.39 is 0 Å². The molecule has 0 bridgehead atoms. The highest BCUT2D eigenvalue weighted by atomic mass is 79.9. The Bertz CT molecular complexity index is 415. The summed E-state index contributed by atoms with van der Waals surface area (Å²) >= 11 is 3.55. The van der Waals surface area contributed by atoms with Gasteiger partial charge in [0.1, 0.15) is 5.75 Å². The molecule has 0 heterocycles. The van der Waals surface area contributed by atoms with Gasteiger partial charge in [0.25, 0.3) is 0 Å². The van der Waals surface area contributed by atoms with Crippen LogP contribution in [0.25, 0.3) is 0 Å². The number of ether oxygens (including phenoxy) is 1. The van der Waals surface area contributed by atoms with E-state index in [9.17, 15) is 0 Å². The second-order valence-corrected chi connectivity index (χ2v) is 6.72. The van der Waals surface area contributed by atoms with Crippen molar-refractivity contribution < 1.29 is 4.74 Å². The highest BCUT2D eigenvalue weighted by Gasteiger charge is 2.14. The third-order valence-corrected chi connectivity index (χ3v) is 5.02. The lowest BCUT2D eigenvalue weighted by Crippen LogP contribution is -2.22. The molecule has 1 atom stereocenters. The number of hydrogen-bond donors (Lipinski definition) is 1. The van der Waals surface area contributed by atoms with Gasteiger partial charge in [-0.05, 0) is 59.4 Å². The maximum Gasteiger partial charge on any atom is 0.133 e. The van der Waals surface area contributed by atoms with Crippen molar-refractivity contribution in [2.75, 3.05) is 13.7 Å². The summed E-state index contributed by atoms with van der Waals surface area (Å²) in [5.74, 6) is 1.84. The minimum atomic E-state index is 0.390. The molecular formula is C17H26BrNO. The van der Waals surface area contributed by atoms with E-state index in [0.29, 0.717) is 6.04 Å². The minimum Gasteiger partial charge on any atom is -0.496 e. The Morgan fingerprint density at radius 1 is 1.30 bits per heavy atom. The fourth-order valence-corrected chi connectivity index (χ4v) is 3.61. The summed E-state index contributed by atoms with van der Waals surface area (Å²) in [7, 11) is 1.70. The van der Waals surface area contributed by atoms with Crippen LogP contribution in [0.3, 0.4) is 0 Å². The SMILES string of the molecule is COc1ccc(C(C)NCCC2CCCCC2)cc1Br. The summed E-state index contributed by atoms with van der Waals surface area (Å²) in [4.78, 5) is 0. The van der Waals surface area contributed by atoms with Gasteiger partial charge in [0, 0.05) is 6.04 Å². The van der Waals surface area contributed by atoms with Crippen LogP contribution in [-0.4, -0.2) is 13.7 Å². The summed E-state index contributed by atoms with van der Waals surface area (Å²) in [5.41, 5.74) is 1.31. The molecule has 0 aromatic heterocycles. The summed E-state index contributed by atoms with van der Waals surface area (Å²) in [6, 6.07) is 6.71. The van der Waals surface area contributed by atoms with E-state index >= 15 is 0 Å². The molecule has 1 N–H and O–H groups in total. The normalized spacial score (nSPS) is 17.9. The van der Waals surface area contributed by atoms with E-state index in [1.807, 2.05) is 6.07 Å². The molecule has 0 spiro atoms. The molecule has 0 saturated heterocycles. The summed E-state index contributed by atoms with van der Waals surface area (Å²) in [5, 5.41) is 3.65. The minimum absolute atomic E-state index is 0.390. The zero-order chi connectivity index (χ0) is 14.4. The predicted molar refractivity (Wildman–Crippen MR) is 88.3 cm³/mol. The van der Waals surface area contributed by atoms with Gasteiger partial charge in [-0.1, -0.05) is 38.2 Å². The van der Waals surface area contributed by atoms with E-state index in [1.54, 1.807) is 7.11 Å². The number of halogens is 1. The van der Waals surface area contributed by atoms with Crippen LogP contribution in [0.15, 0.2) is 22.7 Å². The zero-order valence-corrected chi connectivity index (χ0v) is 14.2. The first-order valence-corrected chi connectivity index (χ1v) is 8.57. The van der Waals surface area contributed by atoms with Crippen LogP contribution in [0.2, 0.25) is 0 Å². The molecule has 1 saturated carbocycles. The van der Waals surface area contributed by atoms with Crippen molar-refractivity contribution in [1.82, 2.24) is 5.32 Å². The lowest BCUT2D eigenvalue weighted by Gasteiger charge is -2.23. The number of methoxy groups -OCH3 is 1. The van der Waals surface area contributed by atoms with Crippen LogP contribution in [-0.2, 0) is 0 Å². The third kappa shape index (κ3) is 4.49. The van der Waals surface area contributed by atoms with E-state index in [-0.39, 0.29) is 0 Å². The smallest absolute Gasteiger partial charge is 0.133 e. The average molecular weight is 340 g/mol. The zero-order valence-electron chi connectivity index (χ0n) is 12.6. The molecule has 20 heavy (non-hydrogen) atoms. The van der Waals surface area contributed by atoms with Gasteiger partial charge >= 0.3 is 0 Å². The first-order chi connectivity index (χ1) is 9.70. The number of hydrogen-bond acceptors (Lipinski definition) is 2. The largest absolute Gasteiger partial charge is 0.496 e. The fourth-order valence-electron chi connectivity index (χ4n) is 3.05. The second-order valence-electron chi connectivity index (χ2n) is 5.86. The van der Waals surface area contributed by atoms with Crippen LogP contribution in [0, 0.1) is 5.92 Å². The molecule has 3 heteroatoms. The van der Waals surface area contributed by atoms with Gasteiger partial charge in [-0.25, -0.2) is 0 Å². The summed E-state index contributed by atoms with van der Waals surface area (Å²) < 4.78 is 6.30. The van der Waals surface area contributed by atoms with Gasteiger partial charge in [0.05, 0.1) is 11.6 Å². The maximum atomic E-state index is 5.27. The van der Waals surface area contributed by atoms with Crippen molar-refractivity contribution in [2.24, 2.45) is 5.92 Å². The molecule has 1 aliphatic rings. The van der Waals surface area contributed by atoms with E-state index in [2.05, 4.69) is 40.3 Å². The van der Waals surface area contributed by atoms with Crippen molar-refractivity contribution in [2.45, 2.75) is 51.5 Å². The van der Waals surface area contributed by atoms with Crippen LogP contribution in [0.4, 0.5) is 0 Å². The topological polar surface area (TPSA) is 21.3 Å². The first-order valence-electron chi connectivity index (χ1n) is 7.77. The molecule has 1 fully saturated rings. The molecule has 1 aliphatic carbocycles. The van der Waals surface area contributed by atoms with Crippen molar-refractivity contribution in [1.29, 1.82) is 0 Å². The highest BCUT2D eigenvalue weighted by molar-refractivity contribution is 9.10. The van der Waals surface area contributed by atoms with Gasteiger partial charge in [0.2, 0.25) is 0 Å². The number of nitrogens with one attached hydrogen (secondary N) is 1. The van der Waals surface area contributed by atoms with Crippen molar-refractivity contribution in [3.63, 3.8) is 0 Å². The molecule has 2 nitrogen and oxygen atoms in total. The van der Waals surface area contributed by atoms with Gasteiger partial charge in [0.15, 0.2) is 0 Å². The van der Waals surface area contributed by atoms with Crippen molar-refractivity contribution >= 4 is 15.9 Å². The Morgan fingerprint density at radius 3 is 2.70 bits per heavy atom. The molecule has 1 aromatic rings. The molecule has 1 unspecified atom stereocenters. The van der Waals surface area contributed by atoms with Crippen LogP contribution < -0.4 is 10.1 Å². The standard InChI is InChI=1S/C17H26BrNO/c1-13(15-8-9-17(20-2)16(18)12-15)19-11-10-14-6-4-3-5-7-14/h8-9,12-14,19H,3-7,10-11H2,1-2H3. The number of rotatable bonds is 6. The molecule has 0 radical (unpaired) electrons. The summed E-state index contributed by atoms with van der Waals surface area (Å²) in [6.45, 7) is 3.35. The second kappa shape index (κ2) is 8.04. The molecule has 0 aliphatic heterocycles. The third-order valence-electron chi connectivity index (χ3n) is 4.40. The molecule has 0 amide bonds. The average Bonchev–Trinajstić information content (AvgIpc) is 2.48. The van der Waals surface area contributed by atoms with E-state index in [0.717, 1.165) is 22.7 Å². The lowest BCUT2D eigenvalue weighted by molar-refractivity contribution is 0.329. The van der Waals surface area contributed by atoms with Crippen molar-refractivity contribution in [3.05, 3.63) is 28.2 Å². The Morgan fingerprint density at radius 2 is 2.05 bits per heavy atom. The number of benzene rings is 1. The Hall–Kier alpha value is -0.540. The predicted octanol–water partition coefficient (Wildman–Crippen LogP) is 5.08. The first kappa shape index (κ1) is 15.8. The van der Waals surface area contributed by atoms with Gasteiger partial charge < -0.3 is 10.1 Å². The van der Waals surface area contributed by atoms with Crippen LogP contribution >= 0.6 is 15.9 Å².